The first-order chi connectivity index (χ1) is 16.6. The van der Waals surface area contributed by atoms with Crippen LogP contribution in [0.15, 0.2) is 76.9 Å². The lowest BCUT2D eigenvalue weighted by Gasteiger charge is -2.43. The Morgan fingerprint density at radius 2 is 1.76 bits per heavy atom. The standard InChI is InChI=1S/C27H23N3O3S/c31-25(24-6-3-11-34-24)28-22-9-10-23-21-12-17(15-30(23)27(22)33)14-29(16-21)26(32)20-8-7-18-4-1-2-5-19(18)13-20/h1-11,13,17,21H,12,14-16H2,(H,28,31)/t17-,21-/m1/s1. The predicted octanol–water partition coefficient (Wildman–Crippen LogP) is 4.57. The third-order valence-electron chi connectivity index (χ3n) is 6.88. The number of carbonyl (C=O) groups excluding carboxylic acids is 2. The molecule has 6 nitrogen and oxygen atoms in total. The van der Waals surface area contributed by atoms with Gasteiger partial charge in [-0.15, -0.1) is 11.3 Å². The minimum atomic E-state index is -0.268. The van der Waals surface area contributed by atoms with Crippen molar-refractivity contribution in [2.75, 3.05) is 18.4 Å². The van der Waals surface area contributed by atoms with Gasteiger partial charge in [0.1, 0.15) is 5.69 Å². The van der Waals surface area contributed by atoms with E-state index in [-0.39, 0.29) is 29.2 Å². The van der Waals surface area contributed by atoms with Crippen LogP contribution in [0.1, 0.15) is 38.1 Å². The summed E-state index contributed by atoms with van der Waals surface area (Å²) in [7, 11) is 0. The molecule has 0 aliphatic carbocycles. The highest BCUT2D eigenvalue weighted by Gasteiger charge is 2.37. The van der Waals surface area contributed by atoms with Crippen molar-refractivity contribution in [2.45, 2.75) is 18.9 Å². The third-order valence-corrected chi connectivity index (χ3v) is 7.75. The Labute approximate surface area is 200 Å². The Morgan fingerprint density at radius 1 is 0.912 bits per heavy atom. The van der Waals surface area contributed by atoms with Gasteiger partial charge in [-0.1, -0.05) is 36.4 Å². The van der Waals surface area contributed by atoms with E-state index in [1.807, 2.05) is 64.9 Å². The first-order valence-electron chi connectivity index (χ1n) is 11.4. The van der Waals surface area contributed by atoms with E-state index in [0.29, 0.717) is 35.8 Å². The van der Waals surface area contributed by atoms with Crippen molar-refractivity contribution in [2.24, 2.45) is 5.92 Å². The van der Waals surface area contributed by atoms with Crippen LogP contribution in [0.3, 0.4) is 0 Å². The van der Waals surface area contributed by atoms with Gasteiger partial charge >= 0.3 is 0 Å². The molecule has 1 N–H and O–H groups in total. The van der Waals surface area contributed by atoms with Crippen LogP contribution in [0, 0.1) is 5.92 Å². The second kappa shape index (κ2) is 8.25. The molecule has 0 unspecified atom stereocenters. The summed E-state index contributed by atoms with van der Waals surface area (Å²) in [5.74, 6) is 0.0788. The maximum absolute atomic E-state index is 13.4. The molecule has 0 radical (unpaired) electrons. The van der Waals surface area contributed by atoms with Crippen LogP contribution in [0.4, 0.5) is 5.69 Å². The molecule has 2 bridgehead atoms. The molecule has 2 aromatic carbocycles. The van der Waals surface area contributed by atoms with E-state index in [1.54, 1.807) is 16.7 Å². The van der Waals surface area contributed by atoms with E-state index >= 15 is 0 Å². The van der Waals surface area contributed by atoms with Crippen LogP contribution in [-0.4, -0.2) is 34.4 Å². The summed E-state index contributed by atoms with van der Waals surface area (Å²) in [5.41, 5.74) is 1.76. The fourth-order valence-corrected chi connectivity index (χ4v) is 5.92. The Balaban J connectivity index is 1.25. The number of fused-ring (bicyclic) bond motifs is 5. The first kappa shape index (κ1) is 20.9. The van der Waals surface area contributed by atoms with Gasteiger partial charge in [-0.05, 0) is 58.8 Å². The van der Waals surface area contributed by atoms with Crippen LogP contribution in [0.25, 0.3) is 10.8 Å². The van der Waals surface area contributed by atoms with E-state index in [2.05, 4.69) is 5.32 Å². The molecule has 7 heteroatoms. The fraction of sp³-hybridized carbons (Fsp3) is 0.222. The average Bonchev–Trinajstić information content (AvgIpc) is 3.40. The number of carbonyl (C=O) groups is 2. The van der Waals surface area contributed by atoms with Crippen molar-refractivity contribution >= 4 is 39.6 Å². The Bertz CT molecular complexity index is 1470. The molecule has 34 heavy (non-hydrogen) atoms. The van der Waals surface area contributed by atoms with E-state index in [4.69, 9.17) is 0 Å². The number of anilines is 1. The number of hydrogen-bond donors (Lipinski definition) is 1. The smallest absolute Gasteiger partial charge is 0.274 e. The molecule has 2 aliphatic heterocycles. The summed E-state index contributed by atoms with van der Waals surface area (Å²) < 4.78 is 1.79. The molecule has 6 rings (SSSR count). The Kier molecular flexibility index (Phi) is 5.07. The SMILES string of the molecule is O=C(Nc1ccc2n(c1=O)C[C@@H]1C[C@@H]2CN(C(=O)c2ccc3ccccc3c2)C1)c1cccs1. The molecule has 170 valence electrons. The number of rotatable bonds is 3. The van der Waals surface area contributed by atoms with Gasteiger partial charge in [0.2, 0.25) is 0 Å². The summed E-state index contributed by atoms with van der Waals surface area (Å²) in [6.07, 6.45) is 0.960. The number of pyridine rings is 1. The fourth-order valence-electron chi connectivity index (χ4n) is 5.30. The summed E-state index contributed by atoms with van der Waals surface area (Å²) in [5, 5.41) is 6.77. The summed E-state index contributed by atoms with van der Waals surface area (Å²) >= 11 is 1.34. The molecule has 2 aromatic heterocycles. The zero-order valence-corrected chi connectivity index (χ0v) is 19.3. The molecular weight excluding hydrogens is 446 g/mol. The summed E-state index contributed by atoms with van der Waals surface area (Å²) in [4.78, 5) is 41.5. The minimum absolute atomic E-state index is 0.0380. The summed E-state index contributed by atoms with van der Waals surface area (Å²) in [6.45, 7) is 1.76. The van der Waals surface area contributed by atoms with Crippen LogP contribution in [0.2, 0.25) is 0 Å². The second-order valence-electron chi connectivity index (χ2n) is 9.09. The molecule has 0 spiro atoms. The number of nitrogens with one attached hydrogen (secondary N) is 1. The quantitative estimate of drug-likeness (QED) is 0.478. The van der Waals surface area contributed by atoms with Crippen LogP contribution >= 0.6 is 11.3 Å². The van der Waals surface area contributed by atoms with Crippen molar-refractivity contribution < 1.29 is 9.59 Å². The molecule has 1 saturated heterocycles. The third kappa shape index (κ3) is 3.62. The number of amides is 2. The largest absolute Gasteiger partial charge is 0.338 e. The predicted molar refractivity (Wildman–Crippen MR) is 134 cm³/mol. The lowest BCUT2D eigenvalue weighted by atomic mass is 9.83. The van der Waals surface area contributed by atoms with Crippen LogP contribution in [-0.2, 0) is 6.54 Å². The van der Waals surface area contributed by atoms with Crippen molar-refractivity contribution in [3.05, 3.63) is 98.6 Å². The van der Waals surface area contributed by atoms with Gasteiger partial charge in [0.15, 0.2) is 0 Å². The highest BCUT2D eigenvalue weighted by atomic mass is 32.1. The van der Waals surface area contributed by atoms with Crippen molar-refractivity contribution in [3.63, 3.8) is 0 Å². The van der Waals surface area contributed by atoms with Gasteiger partial charge in [-0.2, -0.15) is 0 Å². The van der Waals surface area contributed by atoms with E-state index in [0.717, 1.165) is 22.9 Å². The zero-order chi connectivity index (χ0) is 23.2. The molecule has 2 atom stereocenters. The monoisotopic (exact) mass is 469 g/mol. The normalized spacial score (nSPS) is 19.0. The highest BCUT2D eigenvalue weighted by Crippen LogP contribution is 2.36. The number of likely N-dealkylation sites (tertiary alicyclic amines) is 1. The lowest BCUT2D eigenvalue weighted by molar-refractivity contribution is 0.0594. The molecule has 2 amide bonds. The van der Waals surface area contributed by atoms with E-state index in [1.165, 1.54) is 11.3 Å². The number of hydrogen-bond acceptors (Lipinski definition) is 4. The highest BCUT2D eigenvalue weighted by molar-refractivity contribution is 7.12. The van der Waals surface area contributed by atoms with E-state index in [9.17, 15) is 14.4 Å². The minimum Gasteiger partial charge on any atom is -0.338 e. The van der Waals surface area contributed by atoms with Gasteiger partial charge in [0, 0.05) is 36.8 Å². The molecule has 2 aliphatic rings. The van der Waals surface area contributed by atoms with Crippen LogP contribution in [0.5, 0.6) is 0 Å². The molecular formula is C27H23N3O3S. The van der Waals surface area contributed by atoms with E-state index < -0.39 is 0 Å². The lowest BCUT2D eigenvalue weighted by Crippen LogP contribution is -2.49. The van der Waals surface area contributed by atoms with Crippen molar-refractivity contribution in [1.29, 1.82) is 0 Å². The number of piperidine rings is 1. The maximum atomic E-state index is 13.4. The second-order valence-corrected chi connectivity index (χ2v) is 10.0. The van der Waals surface area contributed by atoms with Crippen molar-refractivity contribution in [3.8, 4) is 0 Å². The Hall–Kier alpha value is -3.71. The molecule has 1 fully saturated rings. The van der Waals surface area contributed by atoms with Gasteiger partial charge in [-0.25, -0.2) is 0 Å². The van der Waals surface area contributed by atoms with Gasteiger partial charge in [0.05, 0.1) is 4.88 Å². The molecule has 0 saturated carbocycles. The number of benzene rings is 2. The zero-order valence-electron chi connectivity index (χ0n) is 18.4. The van der Waals surface area contributed by atoms with Crippen molar-refractivity contribution in [1.82, 2.24) is 9.47 Å². The first-order valence-corrected chi connectivity index (χ1v) is 12.3. The van der Waals surface area contributed by atoms with Gasteiger partial charge in [0.25, 0.3) is 17.4 Å². The van der Waals surface area contributed by atoms with Crippen LogP contribution < -0.4 is 10.9 Å². The van der Waals surface area contributed by atoms with Gasteiger partial charge < -0.3 is 14.8 Å². The molecule has 4 heterocycles. The number of nitrogens with zero attached hydrogens (tertiary/aromatic N) is 2. The average molecular weight is 470 g/mol. The topological polar surface area (TPSA) is 71.4 Å². The number of thiophene rings is 1. The van der Waals surface area contributed by atoms with Gasteiger partial charge in [-0.3, -0.25) is 14.4 Å². The molecule has 4 aromatic rings. The number of aromatic nitrogens is 1. The summed E-state index contributed by atoms with van der Waals surface area (Å²) in [6, 6.07) is 21.1. The maximum Gasteiger partial charge on any atom is 0.274 e. The Morgan fingerprint density at radius 3 is 2.59 bits per heavy atom.